The predicted molar refractivity (Wildman–Crippen MR) is 88.1 cm³/mol. The summed E-state index contributed by atoms with van der Waals surface area (Å²) in [5.74, 6) is -0.0390. The molecule has 0 aliphatic rings. The maximum absolute atomic E-state index is 12.6. The van der Waals surface area contributed by atoms with Crippen molar-refractivity contribution < 1.29 is 13.5 Å². The van der Waals surface area contributed by atoms with Crippen LogP contribution in [0.15, 0.2) is 30.5 Å². The Morgan fingerprint density at radius 1 is 1.26 bits per heavy atom. The molecule has 0 unspecified atom stereocenters. The number of pyridine rings is 1. The highest BCUT2D eigenvalue weighted by Crippen LogP contribution is 2.32. The van der Waals surface area contributed by atoms with Crippen molar-refractivity contribution in [2.75, 3.05) is 0 Å². The van der Waals surface area contributed by atoms with Crippen LogP contribution in [0.1, 0.15) is 5.69 Å². The van der Waals surface area contributed by atoms with Gasteiger partial charge in [-0.25, -0.2) is 9.67 Å². The van der Waals surface area contributed by atoms with Crippen molar-refractivity contribution >= 4 is 50.0 Å². The van der Waals surface area contributed by atoms with Gasteiger partial charge in [0.05, 0.1) is 11.2 Å². The molecule has 0 bridgehead atoms. The number of fused-ring (bicyclic) bond motifs is 1. The topological polar surface area (TPSA) is 39.9 Å². The molecule has 120 valence electrons. The predicted octanol–water partition coefficient (Wildman–Crippen LogP) is 5.22. The van der Waals surface area contributed by atoms with Crippen LogP contribution < -0.4 is 4.74 Å². The van der Waals surface area contributed by atoms with Crippen LogP contribution in [-0.2, 0) is 5.33 Å². The molecule has 0 saturated heterocycles. The first-order valence-corrected chi connectivity index (χ1v) is 8.21. The Morgan fingerprint density at radius 2 is 2.04 bits per heavy atom. The molecule has 9 heteroatoms. The first kappa shape index (κ1) is 16.4. The molecule has 0 amide bonds. The van der Waals surface area contributed by atoms with Gasteiger partial charge >= 0.3 is 6.61 Å². The summed E-state index contributed by atoms with van der Waals surface area (Å²) in [6.45, 7) is -2.96. The van der Waals surface area contributed by atoms with Crippen molar-refractivity contribution in [1.82, 2.24) is 14.8 Å². The van der Waals surface area contributed by atoms with Gasteiger partial charge in [0, 0.05) is 28.0 Å². The quantitative estimate of drug-likeness (QED) is 0.427. The van der Waals surface area contributed by atoms with E-state index in [1.165, 1.54) is 22.9 Å². The Balaban J connectivity index is 2.28. The lowest BCUT2D eigenvalue weighted by molar-refractivity contribution is -0.0498. The van der Waals surface area contributed by atoms with Crippen molar-refractivity contribution in [2.45, 2.75) is 11.9 Å². The second-order valence-corrected chi connectivity index (χ2v) is 5.89. The lowest BCUT2D eigenvalue weighted by Gasteiger charge is -2.12. The fraction of sp³-hybridized carbons (Fsp3) is 0.143. The molecule has 0 atom stereocenters. The molecular formula is C14H8BrCl2F2N3O. The molecule has 3 aromatic rings. The lowest BCUT2D eigenvalue weighted by Crippen LogP contribution is -2.07. The van der Waals surface area contributed by atoms with E-state index in [0.717, 1.165) is 5.39 Å². The van der Waals surface area contributed by atoms with E-state index < -0.39 is 6.61 Å². The Bertz CT molecular complexity index is 873. The number of halogens is 5. The summed E-state index contributed by atoms with van der Waals surface area (Å²) in [6.07, 6.45) is 1.58. The monoisotopic (exact) mass is 421 g/mol. The van der Waals surface area contributed by atoms with Crippen LogP contribution >= 0.6 is 39.1 Å². The van der Waals surface area contributed by atoms with Gasteiger partial charge in [0.2, 0.25) is 0 Å². The average Bonchev–Trinajstić information content (AvgIpc) is 2.86. The van der Waals surface area contributed by atoms with E-state index in [9.17, 15) is 8.78 Å². The van der Waals surface area contributed by atoms with Gasteiger partial charge in [0.1, 0.15) is 10.8 Å². The van der Waals surface area contributed by atoms with Gasteiger partial charge in [-0.3, -0.25) is 0 Å². The molecule has 2 heterocycles. The highest BCUT2D eigenvalue weighted by molar-refractivity contribution is 9.08. The summed E-state index contributed by atoms with van der Waals surface area (Å²) in [7, 11) is 0. The fourth-order valence-corrected chi connectivity index (χ4v) is 2.91. The Labute approximate surface area is 148 Å². The number of hydrogen-bond donors (Lipinski definition) is 0. The van der Waals surface area contributed by atoms with Gasteiger partial charge in [-0.2, -0.15) is 13.9 Å². The molecule has 2 aromatic heterocycles. The van der Waals surface area contributed by atoms with Gasteiger partial charge in [0.15, 0.2) is 5.75 Å². The maximum Gasteiger partial charge on any atom is 0.387 e. The molecule has 0 N–H and O–H groups in total. The SMILES string of the molecule is FC(F)Oc1ccc(Cl)cc1-n1nc(CBr)c2cnc(Cl)cc21. The van der Waals surface area contributed by atoms with Crippen molar-refractivity contribution in [1.29, 1.82) is 0 Å². The summed E-state index contributed by atoms with van der Waals surface area (Å²) >= 11 is 15.3. The third-order valence-electron chi connectivity index (χ3n) is 3.10. The Morgan fingerprint density at radius 3 is 2.74 bits per heavy atom. The Kier molecular flexibility index (Phi) is 4.70. The molecule has 3 rings (SSSR count). The molecule has 0 spiro atoms. The van der Waals surface area contributed by atoms with Crippen LogP contribution in [0.4, 0.5) is 8.78 Å². The van der Waals surface area contributed by atoms with Gasteiger partial charge in [-0.1, -0.05) is 39.1 Å². The Hall–Kier alpha value is -1.44. The minimum absolute atomic E-state index is 0.0390. The molecule has 0 aliphatic heterocycles. The van der Waals surface area contributed by atoms with Crippen LogP contribution in [0.5, 0.6) is 5.75 Å². The second-order valence-electron chi connectivity index (χ2n) is 4.51. The van der Waals surface area contributed by atoms with Crippen LogP contribution in [0.25, 0.3) is 16.6 Å². The molecule has 23 heavy (non-hydrogen) atoms. The number of hydrogen-bond acceptors (Lipinski definition) is 3. The molecule has 0 fully saturated rings. The minimum atomic E-state index is -2.96. The summed E-state index contributed by atoms with van der Waals surface area (Å²) in [5, 5.41) is 6.25. The largest absolute Gasteiger partial charge is 0.433 e. The number of alkyl halides is 3. The molecule has 0 saturated carbocycles. The van der Waals surface area contributed by atoms with Crippen LogP contribution in [0.3, 0.4) is 0 Å². The number of benzene rings is 1. The lowest BCUT2D eigenvalue weighted by atomic mass is 10.2. The number of aromatic nitrogens is 3. The molecule has 4 nitrogen and oxygen atoms in total. The summed E-state index contributed by atoms with van der Waals surface area (Å²) < 4.78 is 31.3. The van der Waals surface area contributed by atoms with Crippen molar-refractivity contribution in [2.24, 2.45) is 0 Å². The van der Waals surface area contributed by atoms with Crippen molar-refractivity contribution in [3.05, 3.63) is 46.3 Å². The zero-order chi connectivity index (χ0) is 16.6. The van der Waals surface area contributed by atoms with Gasteiger partial charge < -0.3 is 4.74 Å². The van der Waals surface area contributed by atoms with Gasteiger partial charge in [0.25, 0.3) is 0 Å². The van der Waals surface area contributed by atoms with Crippen molar-refractivity contribution in [3.8, 4) is 11.4 Å². The third-order valence-corrected chi connectivity index (χ3v) is 4.07. The summed E-state index contributed by atoms with van der Waals surface area (Å²) in [5.41, 5.74) is 1.59. The average molecular weight is 423 g/mol. The summed E-state index contributed by atoms with van der Waals surface area (Å²) in [6, 6.07) is 5.93. The highest BCUT2D eigenvalue weighted by atomic mass is 79.9. The first-order chi connectivity index (χ1) is 11.0. The first-order valence-electron chi connectivity index (χ1n) is 6.33. The van der Waals surface area contributed by atoms with Crippen LogP contribution in [0.2, 0.25) is 10.2 Å². The van der Waals surface area contributed by atoms with Gasteiger partial charge in [-0.15, -0.1) is 0 Å². The van der Waals surface area contributed by atoms with Crippen LogP contribution in [0, 0.1) is 0 Å². The van der Waals surface area contributed by atoms with E-state index in [4.69, 9.17) is 23.2 Å². The number of nitrogens with zero attached hydrogens (tertiary/aromatic N) is 3. The summed E-state index contributed by atoms with van der Waals surface area (Å²) in [4.78, 5) is 4.03. The molecule has 0 aliphatic carbocycles. The zero-order valence-electron chi connectivity index (χ0n) is 11.3. The second kappa shape index (κ2) is 6.59. The van der Waals surface area contributed by atoms with Gasteiger partial charge in [-0.05, 0) is 18.2 Å². The minimum Gasteiger partial charge on any atom is -0.433 e. The maximum atomic E-state index is 12.6. The van der Waals surface area contributed by atoms with Crippen molar-refractivity contribution in [3.63, 3.8) is 0 Å². The molecular weight excluding hydrogens is 415 g/mol. The normalized spacial score (nSPS) is 11.4. The van der Waals surface area contributed by atoms with E-state index in [2.05, 4.69) is 30.7 Å². The van der Waals surface area contributed by atoms with E-state index in [-0.39, 0.29) is 16.6 Å². The number of ether oxygens (including phenoxy) is 1. The fourth-order valence-electron chi connectivity index (χ4n) is 2.18. The van der Waals surface area contributed by atoms with E-state index in [1.54, 1.807) is 12.3 Å². The standard InChI is InChI=1S/C14H8BrCl2F2N3O/c15-5-9-8-6-20-13(17)4-10(8)22(21-9)11-3-7(16)1-2-12(11)23-14(18)19/h1-4,6,14H,5H2. The zero-order valence-corrected chi connectivity index (χ0v) is 14.4. The van der Waals surface area contributed by atoms with E-state index in [1.807, 2.05) is 0 Å². The van der Waals surface area contributed by atoms with E-state index in [0.29, 0.717) is 21.6 Å². The number of rotatable bonds is 4. The molecule has 0 radical (unpaired) electrons. The highest BCUT2D eigenvalue weighted by Gasteiger charge is 2.17. The molecule has 1 aromatic carbocycles. The van der Waals surface area contributed by atoms with E-state index >= 15 is 0 Å². The van der Waals surface area contributed by atoms with Crippen LogP contribution in [-0.4, -0.2) is 21.4 Å². The smallest absolute Gasteiger partial charge is 0.387 e. The third kappa shape index (κ3) is 3.27.